The molecule has 1 aliphatic carbocycles. The number of hydrogen-bond donors (Lipinski definition) is 1. The summed E-state index contributed by atoms with van der Waals surface area (Å²) >= 11 is 0. The third-order valence-electron chi connectivity index (χ3n) is 4.87. The SMILES string of the molecule is C=CCCC(=O)NC1CC(C)(C)Cc2nc(N3CCOCC3)ncc21. The van der Waals surface area contributed by atoms with E-state index in [-0.39, 0.29) is 17.4 Å². The van der Waals surface area contributed by atoms with Gasteiger partial charge in [0.2, 0.25) is 11.9 Å². The largest absolute Gasteiger partial charge is 0.378 e. The number of nitrogens with zero attached hydrogens (tertiary/aromatic N) is 3. The van der Waals surface area contributed by atoms with Crippen LogP contribution >= 0.6 is 0 Å². The highest BCUT2D eigenvalue weighted by atomic mass is 16.5. The van der Waals surface area contributed by atoms with E-state index in [9.17, 15) is 4.79 Å². The maximum atomic E-state index is 12.2. The minimum absolute atomic E-state index is 0.0187. The molecule has 0 radical (unpaired) electrons. The molecule has 0 bridgehead atoms. The van der Waals surface area contributed by atoms with Crippen LogP contribution in [-0.4, -0.2) is 42.2 Å². The molecule has 1 aromatic rings. The number of anilines is 1. The van der Waals surface area contributed by atoms with Crippen molar-refractivity contribution in [2.75, 3.05) is 31.2 Å². The van der Waals surface area contributed by atoms with E-state index >= 15 is 0 Å². The second-order valence-corrected chi connectivity index (χ2v) is 7.66. The molecule has 3 rings (SSSR count). The standard InChI is InChI=1S/C19H28N4O2/c1-4-5-6-17(24)21-15-11-19(2,3)12-16-14(15)13-20-18(22-16)23-7-9-25-10-8-23/h4,13,15H,1,5-12H2,2-3H3,(H,21,24). The summed E-state index contributed by atoms with van der Waals surface area (Å²) in [7, 11) is 0. The molecule has 6 heteroatoms. The highest BCUT2D eigenvalue weighted by molar-refractivity contribution is 5.76. The number of carbonyl (C=O) groups excluding carboxylic acids is 1. The second kappa shape index (κ2) is 7.52. The van der Waals surface area contributed by atoms with E-state index in [1.54, 1.807) is 6.08 Å². The van der Waals surface area contributed by atoms with Crippen molar-refractivity contribution in [3.8, 4) is 0 Å². The van der Waals surface area contributed by atoms with Crippen LogP contribution in [0.2, 0.25) is 0 Å². The first-order valence-electron chi connectivity index (χ1n) is 9.07. The van der Waals surface area contributed by atoms with Gasteiger partial charge in [-0.05, 0) is 24.7 Å². The maximum absolute atomic E-state index is 12.2. The van der Waals surface area contributed by atoms with Crippen LogP contribution in [0, 0.1) is 5.41 Å². The van der Waals surface area contributed by atoms with E-state index in [0.717, 1.165) is 43.1 Å². The summed E-state index contributed by atoms with van der Waals surface area (Å²) in [6.07, 6.45) is 6.65. The lowest BCUT2D eigenvalue weighted by Crippen LogP contribution is -2.39. The molecule has 136 valence electrons. The number of hydrogen-bond acceptors (Lipinski definition) is 5. The Hall–Kier alpha value is -1.95. The number of carbonyl (C=O) groups is 1. The molecule has 1 N–H and O–H groups in total. The van der Waals surface area contributed by atoms with Gasteiger partial charge in [-0.25, -0.2) is 9.97 Å². The van der Waals surface area contributed by atoms with Gasteiger partial charge in [-0.2, -0.15) is 0 Å². The molecule has 6 nitrogen and oxygen atoms in total. The first-order valence-corrected chi connectivity index (χ1v) is 9.07. The van der Waals surface area contributed by atoms with Crippen molar-refractivity contribution in [3.63, 3.8) is 0 Å². The lowest BCUT2D eigenvalue weighted by molar-refractivity contribution is -0.122. The number of rotatable bonds is 5. The number of aromatic nitrogens is 2. The fourth-order valence-corrected chi connectivity index (χ4v) is 3.58. The van der Waals surface area contributed by atoms with Crippen LogP contribution in [0.3, 0.4) is 0 Å². The summed E-state index contributed by atoms with van der Waals surface area (Å²) in [5.74, 6) is 0.835. The highest BCUT2D eigenvalue weighted by Gasteiger charge is 2.34. The van der Waals surface area contributed by atoms with Gasteiger partial charge in [0, 0.05) is 31.3 Å². The average molecular weight is 344 g/mol. The molecule has 2 aliphatic rings. The Morgan fingerprint density at radius 1 is 1.48 bits per heavy atom. The Kier molecular flexibility index (Phi) is 5.37. The lowest BCUT2D eigenvalue weighted by atomic mass is 9.74. The van der Waals surface area contributed by atoms with E-state index in [1.165, 1.54) is 0 Å². The average Bonchev–Trinajstić information content (AvgIpc) is 2.59. The minimum Gasteiger partial charge on any atom is -0.378 e. The molecule has 0 spiro atoms. The first-order chi connectivity index (χ1) is 12.0. The normalized spacial score (nSPS) is 22.2. The molecule has 0 saturated carbocycles. The summed E-state index contributed by atoms with van der Waals surface area (Å²) in [6, 6.07) is -0.0187. The van der Waals surface area contributed by atoms with Gasteiger partial charge in [0.1, 0.15) is 0 Å². The Labute approximate surface area is 149 Å². The fraction of sp³-hybridized carbons (Fsp3) is 0.632. The third-order valence-corrected chi connectivity index (χ3v) is 4.87. The lowest BCUT2D eigenvalue weighted by Gasteiger charge is -2.37. The number of allylic oxidation sites excluding steroid dienone is 1. The van der Waals surface area contributed by atoms with Gasteiger partial charge in [-0.3, -0.25) is 4.79 Å². The summed E-state index contributed by atoms with van der Waals surface area (Å²) in [5, 5.41) is 3.16. The van der Waals surface area contributed by atoms with Crippen LogP contribution < -0.4 is 10.2 Å². The Balaban J connectivity index is 1.81. The van der Waals surface area contributed by atoms with Crippen molar-refractivity contribution in [3.05, 3.63) is 30.1 Å². The Bertz CT molecular complexity index is 638. The molecule has 1 amide bonds. The van der Waals surface area contributed by atoms with E-state index < -0.39 is 0 Å². The topological polar surface area (TPSA) is 67.4 Å². The van der Waals surface area contributed by atoms with Gasteiger partial charge >= 0.3 is 0 Å². The molecular formula is C19H28N4O2. The molecule has 1 aliphatic heterocycles. The zero-order chi connectivity index (χ0) is 17.9. The number of morpholine rings is 1. The monoisotopic (exact) mass is 344 g/mol. The summed E-state index contributed by atoms with van der Waals surface area (Å²) in [6.45, 7) is 11.2. The summed E-state index contributed by atoms with van der Waals surface area (Å²) in [5.41, 5.74) is 2.21. The molecule has 1 unspecified atom stereocenters. The zero-order valence-electron chi connectivity index (χ0n) is 15.3. The third kappa shape index (κ3) is 4.37. The van der Waals surface area contributed by atoms with Crippen LogP contribution in [0.5, 0.6) is 0 Å². The molecule has 25 heavy (non-hydrogen) atoms. The van der Waals surface area contributed by atoms with E-state index in [2.05, 4.69) is 35.6 Å². The van der Waals surface area contributed by atoms with Gasteiger partial charge < -0.3 is 15.0 Å². The fourth-order valence-electron chi connectivity index (χ4n) is 3.58. The second-order valence-electron chi connectivity index (χ2n) is 7.66. The predicted octanol–water partition coefficient (Wildman–Crippen LogP) is 2.41. The Morgan fingerprint density at radius 2 is 2.24 bits per heavy atom. The van der Waals surface area contributed by atoms with Crippen LogP contribution in [0.15, 0.2) is 18.9 Å². The van der Waals surface area contributed by atoms with Crippen LogP contribution in [0.4, 0.5) is 5.95 Å². The van der Waals surface area contributed by atoms with E-state index in [0.29, 0.717) is 26.1 Å². The smallest absolute Gasteiger partial charge is 0.225 e. The van der Waals surface area contributed by atoms with E-state index in [1.807, 2.05) is 6.20 Å². The molecule has 1 aromatic heterocycles. The summed E-state index contributed by atoms with van der Waals surface area (Å²) in [4.78, 5) is 23.8. The van der Waals surface area contributed by atoms with Crippen molar-refractivity contribution in [2.45, 2.75) is 45.6 Å². The molecule has 1 saturated heterocycles. The van der Waals surface area contributed by atoms with Gasteiger partial charge in [-0.1, -0.05) is 19.9 Å². The van der Waals surface area contributed by atoms with Crippen LogP contribution in [0.25, 0.3) is 0 Å². The Morgan fingerprint density at radius 3 is 2.96 bits per heavy atom. The number of ether oxygens (including phenoxy) is 1. The van der Waals surface area contributed by atoms with Crippen LogP contribution in [0.1, 0.15) is 50.4 Å². The van der Waals surface area contributed by atoms with Gasteiger partial charge in [-0.15, -0.1) is 6.58 Å². The number of amides is 1. The van der Waals surface area contributed by atoms with Crippen LogP contribution in [-0.2, 0) is 16.0 Å². The molecular weight excluding hydrogens is 316 g/mol. The number of fused-ring (bicyclic) bond motifs is 1. The van der Waals surface area contributed by atoms with Crippen molar-refractivity contribution in [1.82, 2.24) is 15.3 Å². The number of nitrogens with one attached hydrogen (secondary N) is 1. The van der Waals surface area contributed by atoms with Crippen molar-refractivity contribution in [1.29, 1.82) is 0 Å². The molecule has 1 atom stereocenters. The molecule has 2 heterocycles. The van der Waals surface area contributed by atoms with Crippen molar-refractivity contribution in [2.24, 2.45) is 5.41 Å². The quantitative estimate of drug-likeness (QED) is 0.831. The predicted molar refractivity (Wildman–Crippen MR) is 97.5 cm³/mol. The van der Waals surface area contributed by atoms with E-state index in [4.69, 9.17) is 9.72 Å². The first kappa shape index (κ1) is 17.9. The molecule has 0 aromatic carbocycles. The van der Waals surface area contributed by atoms with Gasteiger partial charge in [0.25, 0.3) is 0 Å². The van der Waals surface area contributed by atoms with Gasteiger partial charge in [0.05, 0.1) is 24.9 Å². The maximum Gasteiger partial charge on any atom is 0.225 e. The summed E-state index contributed by atoms with van der Waals surface area (Å²) < 4.78 is 5.41. The minimum atomic E-state index is -0.0187. The highest BCUT2D eigenvalue weighted by Crippen LogP contribution is 2.40. The van der Waals surface area contributed by atoms with Crippen molar-refractivity contribution < 1.29 is 9.53 Å². The molecule has 1 fully saturated rings. The van der Waals surface area contributed by atoms with Gasteiger partial charge in [0.15, 0.2) is 0 Å². The zero-order valence-corrected chi connectivity index (χ0v) is 15.3. The van der Waals surface area contributed by atoms with Crippen molar-refractivity contribution >= 4 is 11.9 Å².